The van der Waals surface area contributed by atoms with Crippen molar-refractivity contribution in [1.82, 2.24) is 33.3 Å². The highest BCUT2D eigenvalue weighted by molar-refractivity contribution is 6.16. The second-order valence-corrected chi connectivity index (χ2v) is 22.6. The molecule has 0 atom stereocenters. The molecule has 14 rings (SSSR count). The lowest BCUT2D eigenvalue weighted by Crippen LogP contribution is -2.19. The van der Waals surface area contributed by atoms with E-state index < -0.39 is 225 Å². The highest BCUT2D eigenvalue weighted by Gasteiger charge is 2.45. The zero-order valence-electron chi connectivity index (χ0n) is 46.6. The molecule has 94 heavy (non-hydrogen) atoms. The predicted octanol–water partition coefficient (Wildman–Crippen LogP) is 20.9. The van der Waals surface area contributed by atoms with E-state index in [2.05, 4.69) is 10.2 Å². The van der Waals surface area contributed by atoms with E-state index in [1.54, 1.807) is 0 Å². The van der Waals surface area contributed by atoms with E-state index in [1.807, 2.05) is 0 Å². The van der Waals surface area contributed by atoms with Crippen LogP contribution in [-0.2, 0) is 56.9 Å². The van der Waals surface area contributed by atoms with Crippen LogP contribution in [-0.4, -0.2) is 45.6 Å². The third-order valence-electron chi connectivity index (χ3n) is 17.1. The molecule has 0 fully saturated rings. The number of allylic oxidation sites excluding steroid dienone is 2. The normalized spacial score (nSPS) is 15.0. The Morgan fingerprint density at radius 1 is 0.277 bits per heavy atom. The molecule has 486 valence electrons. The molecule has 5 heterocycles. The van der Waals surface area contributed by atoms with E-state index in [-0.39, 0.29) is 16.5 Å². The molecule has 31 heteroatoms. The second-order valence-electron chi connectivity index (χ2n) is 22.6. The molecule has 0 aliphatic heterocycles. The first-order valence-electron chi connectivity index (χ1n) is 27.5. The fourth-order valence-electron chi connectivity index (χ4n) is 13.1. The topological polar surface area (TPSA) is 50.4 Å². The van der Waals surface area contributed by atoms with Crippen LogP contribution in [0.25, 0.3) is 111 Å². The number of benzene rings is 7. The van der Waals surface area contributed by atoms with Gasteiger partial charge in [-0.1, -0.05) is 36.4 Å². The molecule has 0 N–H and O–H groups in total. The summed E-state index contributed by atoms with van der Waals surface area (Å²) in [7, 11) is 0.960. The fourth-order valence-corrected chi connectivity index (χ4v) is 13.1. The first-order chi connectivity index (χ1) is 43.6. The Labute approximate surface area is 507 Å². The summed E-state index contributed by atoms with van der Waals surface area (Å²) in [6, 6.07) is 9.27. The van der Waals surface area contributed by atoms with E-state index in [0.29, 0.717) is 108 Å². The van der Waals surface area contributed by atoms with Crippen LogP contribution in [0.15, 0.2) is 120 Å². The van der Waals surface area contributed by atoms with Crippen LogP contribution < -0.4 is 0 Å². The van der Waals surface area contributed by atoms with Crippen LogP contribution >= 0.6 is 0 Å². The van der Waals surface area contributed by atoms with Gasteiger partial charge >= 0.3 is 49.4 Å². The number of rotatable bonds is 4. The number of aromatic nitrogens is 7. The summed E-state index contributed by atoms with van der Waals surface area (Å²) in [4.78, 5) is 0.569. The Kier molecular flexibility index (Phi) is 13.0. The zero-order valence-corrected chi connectivity index (χ0v) is 46.6. The third kappa shape index (κ3) is 9.61. The van der Waals surface area contributed by atoms with Gasteiger partial charge in [-0.15, -0.1) is 0 Å². The Bertz CT molecular complexity index is 5180. The average Bonchev–Trinajstić information content (AvgIpc) is 1.49. The zero-order chi connectivity index (χ0) is 67.6. The summed E-state index contributed by atoms with van der Waals surface area (Å²) < 4.78 is 371. The molecule has 12 aromatic rings. The van der Waals surface area contributed by atoms with Crippen LogP contribution in [0.4, 0.5) is 105 Å². The Morgan fingerprint density at radius 3 is 0.787 bits per heavy atom. The smallest absolute Gasteiger partial charge is 0.306 e. The maximum atomic E-state index is 15.5. The number of aryl methyl sites for hydroxylation is 3. The lowest BCUT2D eigenvalue weighted by atomic mass is 9.94. The van der Waals surface area contributed by atoms with Crippen molar-refractivity contribution in [2.24, 2.45) is 7.05 Å². The van der Waals surface area contributed by atoms with E-state index in [0.717, 1.165) is 43.4 Å². The van der Waals surface area contributed by atoms with Crippen molar-refractivity contribution in [2.45, 2.75) is 75.1 Å². The standard InChI is InChI=1S/C63H31F24N7/c1-90-88-50-51(89-90)53(92-44-20-28(58(70,71)72)4-12-36(44)37-13-5-29(21-45(37)92)59(73,74)75)55(94-48-24-32(62(82,83)84)8-16-40(48)41-17-9-33(25-49(41)94)63(85,86)87)54(93-46-22-30(60(76,77)78)6-14-38(46)39-15-7-31(23-47(39)93)61(79,80)81)52(50)91-42-18-26(56(64,65)66)2-10-34(42)35-11-3-27(19-43(35)91)57(67,68)69/h2-4,6-8,10-12,14-16,18-25H,5,9,13,17H2,1H3. The molecule has 7 nitrogen and oxygen atoms in total. The van der Waals surface area contributed by atoms with Gasteiger partial charge in [-0.05, 0) is 122 Å². The Balaban J connectivity index is 1.39. The van der Waals surface area contributed by atoms with Crippen LogP contribution in [0, 0.1) is 0 Å². The van der Waals surface area contributed by atoms with E-state index >= 15 is 105 Å². The molecule has 0 saturated heterocycles. The monoisotopic (exact) mass is 1340 g/mol. The summed E-state index contributed by atoms with van der Waals surface area (Å²) in [6.07, 6.45) is -45.8. The third-order valence-corrected chi connectivity index (χ3v) is 17.1. The molecule has 0 saturated carbocycles. The molecule has 0 unspecified atom stereocenters. The summed E-state index contributed by atoms with van der Waals surface area (Å²) in [6.45, 7) is 0. The average molecular weight is 1340 g/mol. The molecule has 0 bridgehead atoms. The quantitative estimate of drug-likeness (QED) is 0.165. The maximum absolute atomic E-state index is 15.5. The first kappa shape index (κ1) is 61.9. The largest absolute Gasteiger partial charge is 0.416 e. The van der Waals surface area contributed by atoms with Gasteiger partial charge in [0.25, 0.3) is 0 Å². The minimum Gasteiger partial charge on any atom is -0.306 e. The van der Waals surface area contributed by atoms with Crippen molar-refractivity contribution in [2.75, 3.05) is 0 Å². The Morgan fingerprint density at radius 2 is 0.511 bits per heavy atom. The number of hydrogen-bond acceptors (Lipinski definition) is 2. The summed E-state index contributed by atoms with van der Waals surface area (Å²) in [5.41, 5.74) is -26.7. The van der Waals surface area contributed by atoms with Crippen molar-refractivity contribution in [3.05, 3.63) is 176 Å². The molecular weight excluding hydrogens is 1310 g/mol. The van der Waals surface area contributed by atoms with Gasteiger partial charge in [0.15, 0.2) is 0 Å². The Hall–Kier alpha value is -9.58. The molecule has 5 aromatic heterocycles. The minimum atomic E-state index is -5.46. The number of fused-ring (bicyclic) bond motifs is 13. The number of nitrogens with zero attached hydrogens (tertiary/aromatic N) is 7. The van der Waals surface area contributed by atoms with Crippen molar-refractivity contribution < 1.29 is 105 Å². The van der Waals surface area contributed by atoms with Crippen molar-refractivity contribution in [1.29, 1.82) is 0 Å². The second kappa shape index (κ2) is 19.7. The molecule has 0 amide bonds. The predicted molar refractivity (Wildman–Crippen MR) is 296 cm³/mol. The van der Waals surface area contributed by atoms with E-state index in [4.69, 9.17) is 0 Å². The highest BCUT2D eigenvalue weighted by atomic mass is 19.4. The molecule has 0 radical (unpaired) electrons. The van der Waals surface area contributed by atoms with Gasteiger partial charge in [0.2, 0.25) is 0 Å². The van der Waals surface area contributed by atoms with Crippen molar-refractivity contribution in [3.8, 4) is 22.7 Å². The summed E-state index contributed by atoms with van der Waals surface area (Å²) in [5.74, 6) is 0. The number of alkyl halides is 24. The van der Waals surface area contributed by atoms with Gasteiger partial charge in [-0.3, -0.25) is 0 Å². The van der Waals surface area contributed by atoms with E-state index in [9.17, 15) is 0 Å². The maximum Gasteiger partial charge on any atom is 0.416 e. The van der Waals surface area contributed by atoms with Gasteiger partial charge < -0.3 is 18.3 Å². The summed E-state index contributed by atoms with van der Waals surface area (Å²) >= 11 is 0. The van der Waals surface area contributed by atoms with Gasteiger partial charge in [0.05, 0.1) is 89.2 Å². The SMILES string of the molecule is Cn1nc2c(-n3c4c(c5ccc(C(F)(F)F)cc53)CCC(C(F)(F)F)=C4)c(-n3c4c(c5ccc(C(F)(F)F)cc53)CCC(C(F)(F)F)=C4)c(-n3c4cc(C(F)(F)F)ccc4c4ccc(C(F)(F)F)cc43)c(-n3c4cc(C(F)(F)F)ccc4c4ccc(C(F)(F)F)cc43)c2n1. The molecule has 2 aliphatic carbocycles. The number of halogens is 24. The van der Waals surface area contributed by atoms with Crippen LogP contribution in [0.2, 0.25) is 0 Å². The molecule has 7 aromatic carbocycles. The van der Waals surface area contributed by atoms with Gasteiger partial charge in [0, 0.05) is 50.5 Å². The fraction of sp³-hybridized carbons (Fsp3) is 0.206. The summed E-state index contributed by atoms with van der Waals surface area (Å²) in [5, 5.41) is 6.35. The molecular formula is C63H31F24N7. The first-order valence-corrected chi connectivity index (χ1v) is 27.5. The van der Waals surface area contributed by atoms with Gasteiger partial charge in [-0.25, -0.2) is 0 Å². The lowest BCUT2D eigenvalue weighted by Gasteiger charge is -2.28. The highest BCUT2D eigenvalue weighted by Crippen LogP contribution is 2.54. The minimum absolute atomic E-state index is 0.244. The van der Waals surface area contributed by atoms with E-state index in [1.165, 1.54) is 0 Å². The van der Waals surface area contributed by atoms with Crippen LogP contribution in [0.3, 0.4) is 0 Å². The van der Waals surface area contributed by atoms with Gasteiger partial charge in [-0.2, -0.15) is 120 Å². The van der Waals surface area contributed by atoms with Gasteiger partial charge in [0.1, 0.15) is 22.4 Å². The number of hydrogen-bond donors (Lipinski definition) is 0. The molecule has 2 aliphatic rings. The molecule has 0 spiro atoms. The lowest BCUT2D eigenvalue weighted by molar-refractivity contribution is -0.138. The van der Waals surface area contributed by atoms with Crippen LogP contribution in [0.5, 0.6) is 0 Å². The van der Waals surface area contributed by atoms with Crippen LogP contribution in [0.1, 0.15) is 68.7 Å². The van der Waals surface area contributed by atoms with Crippen molar-refractivity contribution in [3.63, 3.8) is 0 Å². The van der Waals surface area contributed by atoms with Crippen molar-refractivity contribution >= 4 is 88.6 Å².